The van der Waals surface area contributed by atoms with Crippen LogP contribution in [0.1, 0.15) is 20.9 Å². The van der Waals surface area contributed by atoms with E-state index in [4.69, 9.17) is 56.5 Å². The molecule has 0 unspecified atom stereocenters. The van der Waals surface area contributed by atoms with E-state index in [0.717, 1.165) is 0 Å². The van der Waals surface area contributed by atoms with E-state index < -0.39 is 11.9 Å². The van der Waals surface area contributed by atoms with Crippen molar-refractivity contribution in [2.45, 2.75) is 0 Å². The minimum absolute atomic E-state index is 0.0134. The van der Waals surface area contributed by atoms with Gasteiger partial charge in [-0.3, -0.25) is 10.1 Å². The largest absolute Gasteiger partial charge is 0.478 e. The van der Waals surface area contributed by atoms with Crippen LogP contribution in [0.15, 0.2) is 52.9 Å². The molecule has 0 saturated carbocycles. The molecule has 0 radical (unpaired) electrons. The lowest BCUT2D eigenvalue weighted by Crippen LogP contribution is -2.33. The van der Waals surface area contributed by atoms with E-state index in [-0.39, 0.29) is 21.5 Å². The number of benzene rings is 2. The first-order valence-electron chi connectivity index (χ1n) is 7.95. The fourth-order valence-electron chi connectivity index (χ4n) is 2.39. The van der Waals surface area contributed by atoms with Crippen LogP contribution in [0.2, 0.25) is 15.1 Å². The van der Waals surface area contributed by atoms with Crippen molar-refractivity contribution in [1.29, 1.82) is 0 Å². The smallest absolute Gasteiger partial charge is 0.337 e. The van der Waals surface area contributed by atoms with Gasteiger partial charge in [-0.25, -0.2) is 4.79 Å². The zero-order valence-electron chi connectivity index (χ0n) is 14.3. The number of carbonyl (C=O) groups excluding carboxylic acids is 1. The molecule has 0 fully saturated rings. The van der Waals surface area contributed by atoms with E-state index in [0.29, 0.717) is 27.1 Å². The molecule has 0 bridgehead atoms. The van der Waals surface area contributed by atoms with Gasteiger partial charge in [-0.05, 0) is 54.7 Å². The zero-order chi connectivity index (χ0) is 21.1. The van der Waals surface area contributed by atoms with Crippen molar-refractivity contribution in [3.05, 3.63) is 74.9 Å². The lowest BCUT2D eigenvalue weighted by atomic mass is 10.2. The molecule has 3 aromatic rings. The number of hydrogen-bond acceptors (Lipinski definition) is 4. The van der Waals surface area contributed by atoms with Crippen LogP contribution in [0.4, 0.5) is 5.69 Å². The second kappa shape index (κ2) is 8.84. The van der Waals surface area contributed by atoms with Crippen molar-refractivity contribution in [2.75, 3.05) is 5.32 Å². The Balaban J connectivity index is 1.68. The van der Waals surface area contributed by atoms with Gasteiger partial charge in [0, 0.05) is 11.3 Å². The molecule has 0 aliphatic heterocycles. The highest BCUT2D eigenvalue weighted by Gasteiger charge is 2.16. The number of amides is 1. The van der Waals surface area contributed by atoms with Crippen LogP contribution in [0.3, 0.4) is 0 Å². The number of carboxylic acid groups (broad SMARTS) is 1. The van der Waals surface area contributed by atoms with Crippen molar-refractivity contribution < 1.29 is 19.1 Å². The summed E-state index contributed by atoms with van der Waals surface area (Å²) >= 11 is 23.2. The molecule has 1 aromatic heterocycles. The Morgan fingerprint density at radius 1 is 1.00 bits per heavy atom. The average Bonchev–Trinajstić information content (AvgIpc) is 3.13. The van der Waals surface area contributed by atoms with Gasteiger partial charge >= 0.3 is 5.97 Å². The van der Waals surface area contributed by atoms with Gasteiger partial charge < -0.3 is 14.8 Å². The van der Waals surface area contributed by atoms with Crippen LogP contribution in [-0.4, -0.2) is 22.1 Å². The summed E-state index contributed by atoms with van der Waals surface area (Å²) < 4.78 is 5.55. The molecule has 3 N–H and O–H groups in total. The molecule has 148 valence electrons. The Morgan fingerprint density at radius 2 is 1.76 bits per heavy atom. The summed E-state index contributed by atoms with van der Waals surface area (Å²) in [6, 6.07) is 12.3. The third kappa shape index (κ3) is 4.89. The molecule has 0 atom stereocenters. The summed E-state index contributed by atoms with van der Waals surface area (Å²) in [6.45, 7) is 0. The van der Waals surface area contributed by atoms with Crippen molar-refractivity contribution in [2.24, 2.45) is 0 Å². The zero-order valence-corrected chi connectivity index (χ0v) is 17.4. The summed E-state index contributed by atoms with van der Waals surface area (Å²) in [4.78, 5) is 23.3. The van der Waals surface area contributed by atoms with Gasteiger partial charge in [0.1, 0.15) is 5.76 Å². The van der Waals surface area contributed by atoms with E-state index in [1.165, 1.54) is 24.3 Å². The van der Waals surface area contributed by atoms with Crippen LogP contribution in [-0.2, 0) is 0 Å². The molecule has 0 saturated heterocycles. The number of furan rings is 1. The Hall–Kier alpha value is -2.58. The van der Waals surface area contributed by atoms with Gasteiger partial charge in [0.05, 0.1) is 20.6 Å². The van der Waals surface area contributed by atoms with Gasteiger partial charge in [0.25, 0.3) is 5.91 Å². The van der Waals surface area contributed by atoms with Gasteiger partial charge in [-0.2, -0.15) is 0 Å². The molecule has 10 heteroatoms. The van der Waals surface area contributed by atoms with Crippen LogP contribution >= 0.6 is 47.0 Å². The van der Waals surface area contributed by atoms with Gasteiger partial charge in [0.15, 0.2) is 10.9 Å². The number of thiocarbonyl (C=S) groups is 1. The fraction of sp³-hybridized carbons (Fsp3) is 0. The first-order chi connectivity index (χ1) is 13.8. The van der Waals surface area contributed by atoms with Crippen molar-refractivity contribution in [3.63, 3.8) is 0 Å². The number of hydrogen-bond donors (Lipinski definition) is 3. The Bertz CT molecular complexity index is 1130. The van der Waals surface area contributed by atoms with Gasteiger partial charge in [-0.15, -0.1) is 0 Å². The van der Waals surface area contributed by atoms with E-state index in [2.05, 4.69) is 10.6 Å². The third-order valence-electron chi connectivity index (χ3n) is 3.73. The first kappa shape index (κ1) is 21.1. The van der Waals surface area contributed by atoms with E-state index in [9.17, 15) is 9.59 Å². The number of halogens is 3. The predicted octanol–water partition coefficient (Wildman–Crippen LogP) is 5.73. The molecule has 0 aliphatic carbocycles. The SMILES string of the molecule is O=C(NC(=S)Nc1ccc(C(=O)O)c(Cl)c1)c1ccc(-c2cccc(Cl)c2Cl)o1. The average molecular weight is 470 g/mol. The number of aromatic carboxylic acids is 1. The Labute approximate surface area is 185 Å². The summed E-state index contributed by atoms with van der Waals surface area (Å²) in [5.74, 6) is -1.34. The highest BCUT2D eigenvalue weighted by molar-refractivity contribution is 7.80. The lowest BCUT2D eigenvalue weighted by molar-refractivity contribution is 0.0697. The standard InChI is InChI=1S/C19H11Cl3N2O4S/c20-12-3-1-2-11(16(12)22)14-6-7-15(28-14)17(25)24-19(29)23-9-4-5-10(18(26)27)13(21)8-9/h1-8H,(H,26,27)(H2,23,24,25,29). The normalized spacial score (nSPS) is 10.4. The lowest BCUT2D eigenvalue weighted by Gasteiger charge is -2.09. The molecule has 29 heavy (non-hydrogen) atoms. The number of rotatable bonds is 4. The summed E-state index contributed by atoms with van der Waals surface area (Å²) in [7, 11) is 0. The van der Waals surface area contributed by atoms with E-state index >= 15 is 0 Å². The number of carbonyl (C=O) groups is 2. The predicted molar refractivity (Wildman–Crippen MR) is 116 cm³/mol. The summed E-state index contributed by atoms with van der Waals surface area (Å²) in [5, 5.41) is 14.9. The first-order valence-corrected chi connectivity index (χ1v) is 9.50. The fourth-order valence-corrected chi connectivity index (χ4v) is 3.26. The maximum absolute atomic E-state index is 12.4. The highest BCUT2D eigenvalue weighted by Crippen LogP contribution is 2.34. The molecule has 0 spiro atoms. The summed E-state index contributed by atoms with van der Waals surface area (Å²) in [6.07, 6.45) is 0. The summed E-state index contributed by atoms with van der Waals surface area (Å²) in [5.41, 5.74) is 0.915. The van der Waals surface area contributed by atoms with E-state index in [1.54, 1.807) is 24.3 Å². The third-order valence-corrected chi connectivity index (χ3v) is 5.07. The molecule has 6 nitrogen and oxygen atoms in total. The number of carboxylic acids is 1. The van der Waals surface area contributed by atoms with Crippen LogP contribution < -0.4 is 10.6 Å². The monoisotopic (exact) mass is 468 g/mol. The maximum Gasteiger partial charge on any atom is 0.337 e. The van der Waals surface area contributed by atoms with Gasteiger partial charge in [-0.1, -0.05) is 40.9 Å². The van der Waals surface area contributed by atoms with E-state index in [1.807, 2.05) is 0 Å². The van der Waals surface area contributed by atoms with Crippen molar-refractivity contribution in [1.82, 2.24) is 5.32 Å². The van der Waals surface area contributed by atoms with Crippen LogP contribution in [0.25, 0.3) is 11.3 Å². The van der Waals surface area contributed by atoms with Gasteiger partial charge in [0.2, 0.25) is 0 Å². The second-order valence-corrected chi connectivity index (χ2v) is 7.27. The van der Waals surface area contributed by atoms with Crippen LogP contribution in [0.5, 0.6) is 0 Å². The molecule has 3 rings (SSSR count). The molecule has 2 aromatic carbocycles. The highest BCUT2D eigenvalue weighted by atomic mass is 35.5. The minimum Gasteiger partial charge on any atom is -0.478 e. The maximum atomic E-state index is 12.4. The Morgan fingerprint density at radius 3 is 2.45 bits per heavy atom. The second-order valence-electron chi connectivity index (χ2n) is 5.67. The molecular weight excluding hydrogens is 459 g/mol. The quantitative estimate of drug-likeness (QED) is 0.423. The minimum atomic E-state index is -1.15. The van der Waals surface area contributed by atoms with Crippen molar-refractivity contribution >= 4 is 69.7 Å². The number of nitrogens with one attached hydrogen (secondary N) is 2. The molecule has 1 amide bonds. The Kier molecular flexibility index (Phi) is 6.44. The van der Waals surface area contributed by atoms with Crippen LogP contribution in [0, 0.1) is 0 Å². The topological polar surface area (TPSA) is 91.6 Å². The van der Waals surface area contributed by atoms with Crippen molar-refractivity contribution in [3.8, 4) is 11.3 Å². The molecule has 1 heterocycles. The number of anilines is 1. The molecule has 0 aliphatic rings. The molecular formula is C19H11Cl3N2O4S.